The van der Waals surface area contributed by atoms with E-state index in [9.17, 15) is 0 Å². The van der Waals surface area contributed by atoms with Gasteiger partial charge >= 0.3 is 0 Å². The fourth-order valence-electron chi connectivity index (χ4n) is 0.262. The Labute approximate surface area is 64.6 Å². The molecule has 0 aliphatic rings. The van der Waals surface area contributed by atoms with Crippen LogP contribution in [-0.2, 0) is 0 Å². The number of hydrogen-bond acceptors (Lipinski definition) is 3. The molecule has 0 radical (unpaired) electrons. The minimum absolute atomic E-state index is 0.562. The number of thioether (sulfide) groups is 1. The molecule has 0 rings (SSSR count). The third-order valence-corrected chi connectivity index (χ3v) is 2.08. The summed E-state index contributed by atoms with van der Waals surface area (Å²) in [6.07, 6.45) is 0.562. The van der Waals surface area contributed by atoms with Crippen molar-refractivity contribution in [2.45, 2.75) is 6.42 Å². The maximum absolute atomic E-state index is 8.12. The van der Waals surface area contributed by atoms with Gasteiger partial charge in [-0.25, -0.2) is 0 Å². The van der Waals surface area contributed by atoms with Crippen molar-refractivity contribution in [3.8, 4) is 6.07 Å². The standard InChI is InChI=1S/C5H8N2S2/c1-7-5(8)9-4-2-3-6/h2,4H2,1H3,(H,7,8). The lowest BCUT2D eigenvalue weighted by Crippen LogP contribution is -2.11. The molecule has 0 aromatic heterocycles. The summed E-state index contributed by atoms with van der Waals surface area (Å²) in [4.78, 5) is 0. The molecule has 0 saturated heterocycles. The summed E-state index contributed by atoms with van der Waals surface area (Å²) < 4.78 is 0.755. The molecule has 0 saturated carbocycles. The highest BCUT2D eigenvalue weighted by Crippen LogP contribution is 2.01. The summed E-state index contributed by atoms with van der Waals surface area (Å²) in [5, 5.41) is 10.9. The zero-order valence-corrected chi connectivity index (χ0v) is 6.81. The first-order valence-corrected chi connectivity index (χ1v) is 3.92. The molecule has 9 heavy (non-hydrogen) atoms. The fourth-order valence-corrected chi connectivity index (χ4v) is 1.03. The van der Waals surface area contributed by atoms with Gasteiger partial charge in [-0.3, -0.25) is 0 Å². The van der Waals surface area contributed by atoms with Crippen LogP contribution in [0.15, 0.2) is 0 Å². The van der Waals surface area contributed by atoms with Crippen LogP contribution in [-0.4, -0.2) is 17.1 Å². The van der Waals surface area contributed by atoms with Gasteiger partial charge in [0.15, 0.2) is 0 Å². The third kappa shape index (κ3) is 5.60. The van der Waals surface area contributed by atoms with Crippen LogP contribution in [0.25, 0.3) is 0 Å². The van der Waals surface area contributed by atoms with E-state index in [2.05, 4.69) is 5.32 Å². The molecule has 0 aromatic rings. The molecule has 0 atom stereocenters. The van der Waals surface area contributed by atoms with Crippen LogP contribution in [0.3, 0.4) is 0 Å². The van der Waals surface area contributed by atoms with E-state index in [4.69, 9.17) is 17.5 Å². The number of nitrogens with one attached hydrogen (secondary N) is 1. The van der Waals surface area contributed by atoms with Gasteiger partial charge in [0.05, 0.1) is 6.07 Å². The van der Waals surface area contributed by atoms with Crippen molar-refractivity contribution in [1.82, 2.24) is 5.32 Å². The van der Waals surface area contributed by atoms with Gasteiger partial charge in [0.25, 0.3) is 0 Å². The van der Waals surface area contributed by atoms with Gasteiger partial charge < -0.3 is 5.32 Å². The van der Waals surface area contributed by atoms with Crippen molar-refractivity contribution >= 4 is 28.3 Å². The van der Waals surface area contributed by atoms with Crippen molar-refractivity contribution in [3.63, 3.8) is 0 Å². The van der Waals surface area contributed by atoms with Gasteiger partial charge in [0.2, 0.25) is 0 Å². The molecule has 0 aliphatic carbocycles. The second-order valence-electron chi connectivity index (χ2n) is 1.29. The van der Waals surface area contributed by atoms with Crippen molar-refractivity contribution in [3.05, 3.63) is 0 Å². The van der Waals surface area contributed by atoms with Crippen molar-refractivity contribution in [1.29, 1.82) is 5.26 Å². The number of hydrogen-bond donors (Lipinski definition) is 1. The van der Waals surface area contributed by atoms with Crippen LogP contribution < -0.4 is 5.32 Å². The highest BCUT2D eigenvalue weighted by Gasteiger charge is 1.90. The SMILES string of the molecule is CNC(=S)SCCC#N. The predicted octanol–water partition coefficient (Wildman–Crippen LogP) is 1.14. The van der Waals surface area contributed by atoms with E-state index in [-0.39, 0.29) is 0 Å². The average molecular weight is 160 g/mol. The molecule has 2 nitrogen and oxygen atoms in total. The van der Waals surface area contributed by atoms with Crippen LogP contribution in [0.5, 0.6) is 0 Å². The molecule has 0 spiro atoms. The Morgan fingerprint density at radius 3 is 3.00 bits per heavy atom. The van der Waals surface area contributed by atoms with Gasteiger partial charge in [0, 0.05) is 19.2 Å². The molecular weight excluding hydrogens is 152 g/mol. The lowest BCUT2D eigenvalue weighted by molar-refractivity contribution is 1.22. The summed E-state index contributed by atoms with van der Waals surface area (Å²) in [5.74, 6) is 0.788. The minimum Gasteiger partial charge on any atom is -0.374 e. The van der Waals surface area contributed by atoms with Crippen molar-refractivity contribution in [2.24, 2.45) is 0 Å². The lowest BCUT2D eigenvalue weighted by Gasteiger charge is -1.96. The Morgan fingerprint density at radius 1 is 1.89 bits per heavy atom. The maximum Gasteiger partial charge on any atom is 0.133 e. The van der Waals surface area contributed by atoms with E-state index in [1.807, 2.05) is 6.07 Å². The van der Waals surface area contributed by atoms with E-state index in [1.165, 1.54) is 11.8 Å². The van der Waals surface area contributed by atoms with Gasteiger partial charge in [0.1, 0.15) is 4.32 Å². The summed E-state index contributed by atoms with van der Waals surface area (Å²) in [6, 6.07) is 2.04. The van der Waals surface area contributed by atoms with Gasteiger partial charge in [-0.15, -0.1) is 0 Å². The quantitative estimate of drug-likeness (QED) is 0.485. The smallest absolute Gasteiger partial charge is 0.133 e. The number of rotatable bonds is 2. The van der Waals surface area contributed by atoms with Gasteiger partial charge in [-0.2, -0.15) is 5.26 Å². The minimum atomic E-state index is 0.562. The van der Waals surface area contributed by atoms with Crippen molar-refractivity contribution in [2.75, 3.05) is 12.8 Å². The second-order valence-corrected chi connectivity index (χ2v) is 3.07. The number of thiocarbonyl (C=S) groups is 1. The normalized spacial score (nSPS) is 8.00. The number of nitrogens with zero attached hydrogens (tertiary/aromatic N) is 1. The van der Waals surface area contributed by atoms with Gasteiger partial charge in [-0.1, -0.05) is 24.0 Å². The van der Waals surface area contributed by atoms with Crippen molar-refractivity contribution < 1.29 is 0 Å². The molecule has 0 bridgehead atoms. The van der Waals surface area contributed by atoms with Crippen LogP contribution in [0.2, 0.25) is 0 Å². The second kappa shape index (κ2) is 5.86. The fraction of sp³-hybridized carbons (Fsp3) is 0.600. The van der Waals surface area contributed by atoms with Gasteiger partial charge in [-0.05, 0) is 0 Å². The summed E-state index contributed by atoms with van der Waals surface area (Å²) in [6.45, 7) is 0. The van der Waals surface area contributed by atoms with Crippen LogP contribution >= 0.6 is 24.0 Å². The van der Waals surface area contributed by atoms with Crippen LogP contribution in [0.4, 0.5) is 0 Å². The Bertz CT molecular complexity index is 127. The van der Waals surface area contributed by atoms with E-state index < -0.39 is 0 Å². The molecular formula is C5H8N2S2. The first kappa shape index (κ1) is 8.73. The third-order valence-electron chi connectivity index (χ3n) is 0.651. The molecule has 0 amide bonds. The van der Waals surface area contributed by atoms with E-state index in [0.717, 1.165) is 10.1 Å². The summed E-state index contributed by atoms with van der Waals surface area (Å²) in [7, 11) is 1.78. The zero-order valence-electron chi connectivity index (χ0n) is 5.18. The predicted molar refractivity (Wildman–Crippen MR) is 44.3 cm³/mol. The zero-order chi connectivity index (χ0) is 7.11. The highest BCUT2D eigenvalue weighted by molar-refractivity contribution is 8.22. The molecule has 0 heterocycles. The molecule has 4 heteroatoms. The molecule has 50 valence electrons. The lowest BCUT2D eigenvalue weighted by atomic mass is 10.6. The molecule has 1 N–H and O–H groups in total. The van der Waals surface area contributed by atoms with E-state index >= 15 is 0 Å². The average Bonchev–Trinajstić information content (AvgIpc) is 1.89. The highest BCUT2D eigenvalue weighted by atomic mass is 32.2. The Hall–Kier alpha value is -0.270. The first-order chi connectivity index (χ1) is 4.31. The largest absolute Gasteiger partial charge is 0.374 e. The van der Waals surface area contributed by atoms with E-state index in [0.29, 0.717) is 6.42 Å². The van der Waals surface area contributed by atoms with Crippen LogP contribution in [0, 0.1) is 11.3 Å². The molecule has 0 aliphatic heterocycles. The maximum atomic E-state index is 8.12. The monoisotopic (exact) mass is 160 g/mol. The Morgan fingerprint density at radius 2 is 2.56 bits per heavy atom. The summed E-state index contributed by atoms with van der Waals surface area (Å²) in [5.41, 5.74) is 0. The number of nitriles is 1. The topological polar surface area (TPSA) is 35.8 Å². The Balaban J connectivity index is 3.09. The first-order valence-electron chi connectivity index (χ1n) is 2.52. The molecule has 0 aromatic carbocycles. The molecule has 0 unspecified atom stereocenters. The van der Waals surface area contributed by atoms with E-state index in [1.54, 1.807) is 7.05 Å². The molecule has 0 fully saturated rings. The Kier molecular flexibility index (Phi) is 5.68. The van der Waals surface area contributed by atoms with Crippen LogP contribution in [0.1, 0.15) is 6.42 Å². The summed E-state index contributed by atoms with van der Waals surface area (Å²) >= 11 is 6.31.